The smallest absolute Gasteiger partial charge is 0.251 e. The molecule has 2 aromatic carbocycles. The molecule has 0 spiro atoms. The lowest BCUT2D eigenvalue weighted by Crippen LogP contribution is -2.44. The monoisotopic (exact) mass is 284 g/mol. The van der Waals surface area contributed by atoms with Crippen LogP contribution in [-0.4, -0.2) is 16.9 Å². The summed E-state index contributed by atoms with van der Waals surface area (Å²) in [5.74, 6) is -0.167. The van der Waals surface area contributed by atoms with Gasteiger partial charge in [-0.05, 0) is 24.1 Å². The lowest BCUT2D eigenvalue weighted by Gasteiger charge is -2.17. The molecule has 0 aliphatic rings. The second-order valence-corrected chi connectivity index (χ2v) is 4.96. The van der Waals surface area contributed by atoms with E-state index in [-0.39, 0.29) is 16.9 Å². The highest BCUT2D eigenvalue weighted by Gasteiger charge is 2.16. The predicted octanol–water partition coefficient (Wildman–Crippen LogP) is 2.31. The molecule has 0 unspecified atom stereocenters. The van der Waals surface area contributed by atoms with E-state index in [4.69, 9.17) is 18.0 Å². The number of thiocarbonyl (C=S) groups is 1. The molecular formula is C16H16N2OS. The van der Waals surface area contributed by atoms with Gasteiger partial charge >= 0.3 is 0 Å². The minimum absolute atomic E-state index is 0.167. The van der Waals surface area contributed by atoms with Gasteiger partial charge < -0.3 is 11.1 Å². The summed E-state index contributed by atoms with van der Waals surface area (Å²) >= 11 is 5.05. The third-order valence-electron chi connectivity index (χ3n) is 2.97. The molecule has 2 aromatic rings. The minimum Gasteiger partial charge on any atom is -0.392 e. The van der Waals surface area contributed by atoms with Gasteiger partial charge in [0, 0.05) is 5.56 Å². The summed E-state index contributed by atoms with van der Waals surface area (Å²) in [6, 6.07) is 18.5. The SMILES string of the molecule is NC(=S)[C@H](Cc1ccccc1)NC(=O)c1ccccc1. The summed E-state index contributed by atoms with van der Waals surface area (Å²) in [4.78, 5) is 12.4. The van der Waals surface area contributed by atoms with Crippen LogP contribution in [0.15, 0.2) is 60.7 Å². The van der Waals surface area contributed by atoms with Crippen molar-refractivity contribution in [1.29, 1.82) is 0 Å². The number of hydrogen-bond donors (Lipinski definition) is 2. The number of nitrogens with two attached hydrogens (primary N) is 1. The molecule has 0 aliphatic heterocycles. The van der Waals surface area contributed by atoms with Gasteiger partial charge in [-0.15, -0.1) is 0 Å². The highest BCUT2D eigenvalue weighted by Crippen LogP contribution is 2.05. The molecule has 20 heavy (non-hydrogen) atoms. The van der Waals surface area contributed by atoms with Gasteiger partial charge in [0.05, 0.1) is 11.0 Å². The Morgan fingerprint density at radius 1 is 1.05 bits per heavy atom. The standard InChI is InChI=1S/C16H16N2OS/c17-15(20)14(11-12-7-3-1-4-8-12)18-16(19)13-9-5-2-6-10-13/h1-10,14H,11H2,(H2,17,20)(H,18,19)/t14-/m0/s1. The van der Waals surface area contributed by atoms with E-state index in [1.807, 2.05) is 48.5 Å². The van der Waals surface area contributed by atoms with Gasteiger partial charge in [0.1, 0.15) is 0 Å². The van der Waals surface area contributed by atoms with E-state index in [1.54, 1.807) is 12.1 Å². The Balaban J connectivity index is 2.07. The molecule has 0 radical (unpaired) electrons. The number of carbonyl (C=O) groups is 1. The number of rotatable bonds is 5. The van der Waals surface area contributed by atoms with Crippen LogP contribution >= 0.6 is 12.2 Å². The lowest BCUT2D eigenvalue weighted by molar-refractivity contribution is 0.0947. The van der Waals surface area contributed by atoms with Crippen molar-refractivity contribution < 1.29 is 4.79 Å². The lowest BCUT2D eigenvalue weighted by atomic mass is 10.1. The summed E-state index contributed by atoms with van der Waals surface area (Å²) in [5, 5.41) is 2.88. The number of amides is 1. The van der Waals surface area contributed by atoms with E-state index in [0.717, 1.165) is 5.56 Å². The summed E-state index contributed by atoms with van der Waals surface area (Å²) < 4.78 is 0. The van der Waals surface area contributed by atoms with Gasteiger partial charge in [-0.25, -0.2) is 0 Å². The van der Waals surface area contributed by atoms with E-state index in [9.17, 15) is 4.79 Å². The van der Waals surface area contributed by atoms with E-state index in [1.165, 1.54) is 0 Å². The average molecular weight is 284 g/mol. The van der Waals surface area contributed by atoms with Crippen LogP contribution < -0.4 is 11.1 Å². The fraction of sp³-hybridized carbons (Fsp3) is 0.125. The molecule has 0 heterocycles. The van der Waals surface area contributed by atoms with Crippen molar-refractivity contribution in [3.8, 4) is 0 Å². The van der Waals surface area contributed by atoms with E-state index in [2.05, 4.69) is 5.32 Å². The Hall–Kier alpha value is -2.20. The van der Waals surface area contributed by atoms with Crippen molar-refractivity contribution in [2.45, 2.75) is 12.5 Å². The normalized spacial score (nSPS) is 11.6. The molecule has 0 aliphatic carbocycles. The maximum atomic E-state index is 12.1. The zero-order valence-electron chi connectivity index (χ0n) is 11.0. The first-order valence-electron chi connectivity index (χ1n) is 6.36. The summed E-state index contributed by atoms with van der Waals surface area (Å²) in [6.45, 7) is 0. The van der Waals surface area contributed by atoms with Crippen molar-refractivity contribution in [2.24, 2.45) is 5.73 Å². The maximum Gasteiger partial charge on any atom is 0.251 e. The second kappa shape index (κ2) is 6.82. The fourth-order valence-electron chi connectivity index (χ4n) is 1.90. The zero-order valence-corrected chi connectivity index (χ0v) is 11.8. The van der Waals surface area contributed by atoms with Crippen LogP contribution in [0.1, 0.15) is 15.9 Å². The highest BCUT2D eigenvalue weighted by molar-refractivity contribution is 7.80. The van der Waals surface area contributed by atoms with Crippen LogP contribution in [0.25, 0.3) is 0 Å². The Kier molecular flexibility index (Phi) is 4.85. The van der Waals surface area contributed by atoms with Crippen LogP contribution in [0.5, 0.6) is 0 Å². The number of hydrogen-bond acceptors (Lipinski definition) is 2. The molecule has 0 saturated carbocycles. The van der Waals surface area contributed by atoms with Gasteiger partial charge in [-0.1, -0.05) is 60.7 Å². The third-order valence-corrected chi connectivity index (χ3v) is 3.25. The largest absolute Gasteiger partial charge is 0.392 e. The minimum atomic E-state index is -0.347. The molecule has 0 saturated heterocycles. The average Bonchev–Trinajstić information content (AvgIpc) is 2.48. The van der Waals surface area contributed by atoms with Gasteiger partial charge in [-0.3, -0.25) is 4.79 Å². The summed E-state index contributed by atoms with van der Waals surface area (Å²) in [5.41, 5.74) is 7.41. The number of nitrogens with one attached hydrogen (secondary N) is 1. The van der Waals surface area contributed by atoms with E-state index < -0.39 is 0 Å². The first-order valence-corrected chi connectivity index (χ1v) is 6.77. The van der Waals surface area contributed by atoms with Crippen molar-refractivity contribution in [1.82, 2.24) is 5.32 Å². The van der Waals surface area contributed by atoms with Gasteiger partial charge in [-0.2, -0.15) is 0 Å². The van der Waals surface area contributed by atoms with E-state index >= 15 is 0 Å². The highest BCUT2D eigenvalue weighted by atomic mass is 32.1. The van der Waals surface area contributed by atoms with E-state index in [0.29, 0.717) is 12.0 Å². The van der Waals surface area contributed by atoms with Crippen molar-refractivity contribution in [3.63, 3.8) is 0 Å². The molecule has 0 aromatic heterocycles. The molecule has 1 amide bonds. The molecule has 3 nitrogen and oxygen atoms in total. The quantitative estimate of drug-likeness (QED) is 0.828. The Labute approximate surface area is 123 Å². The molecule has 0 bridgehead atoms. The number of benzene rings is 2. The van der Waals surface area contributed by atoms with Crippen LogP contribution in [0.3, 0.4) is 0 Å². The van der Waals surface area contributed by atoms with Crippen molar-refractivity contribution in [2.75, 3.05) is 0 Å². The Morgan fingerprint density at radius 2 is 1.60 bits per heavy atom. The predicted molar refractivity (Wildman–Crippen MR) is 84.6 cm³/mol. The molecule has 1 atom stereocenters. The first-order chi connectivity index (χ1) is 9.66. The molecule has 102 valence electrons. The second-order valence-electron chi connectivity index (χ2n) is 4.48. The van der Waals surface area contributed by atoms with Gasteiger partial charge in [0.2, 0.25) is 0 Å². The Morgan fingerprint density at radius 3 is 2.15 bits per heavy atom. The number of carbonyl (C=O) groups excluding carboxylic acids is 1. The van der Waals surface area contributed by atoms with Crippen LogP contribution in [-0.2, 0) is 6.42 Å². The Bertz CT molecular complexity index is 584. The molecule has 0 fully saturated rings. The maximum absolute atomic E-state index is 12.1. The molecular weight excluding hydrogens is 268 g/mol. The zero-order chi connectivity index (χ0) is 14.4. The first kappa shape index (κ1) is 14.2. The van der Waals surface area contributed by atoms with Crippen molar-refractivity contribution >= 4 is 23.1 Å². The third kappa shape index (κ3) is 3.90. The van der Waals surface area contributed by atoms with Gasteiger partial charge in [0.25, 0.3) is 5.91 Å². The van der Waals surface area contributed by atoms with Crippen LogP contribution in [0.4, 0.5) is 0 Å². The summed E-state index contributed by atoms with van der Waals surface area (Å²) in [7, 11) is 0. The van der Waals surface area contributed by atoms with Crippen LogP contribution in [0.2, 0.25) is 0 Å². The summed E-state index contributed by atoms with van der Waals surface area (Å²) in [6.07, 6.45) is 0.592. The van der Waals surface area contributed by atoms with Gasteiger partial charge in [0.15, 0.2) is 0 Å². The molecule has 3 N–H and O–H groups in total. The molecule has 2 rings (SSSR count). The topological polar surface area (TPSA) is 55.1 Å². The molecule has 4 heteroatoms. The fourth-order valence-corrected chi connectivity index (χ4v) is 2.05. The van der Waals surface area contributed by atoms with Crippen molar-refractivity contribution in [3.05, 3.63) is 71.8 Å². The van der Waals surface area contributed by atoms with Crippen LogP contribution in [0, 0.1) is 0 Å².